The van der Waals surface area contributed by atoms with Crippen LogP contribution in [0.3, 0.4) is 0 Å². The fourth-order valence-electron chi connectivity index (χ4n) is 3.85. The van der Waals surface area contributed by atoms with E-state index in [2.05, 4.69) is 0 Å². The molecule has 13 nitrogen and oxygen atoms in total. The number of aliphatic hydroxyl groups excluding tert-OH is 1. The molecule has 0 spiro atoms. The molecule has 1 fully saturated rings. The number of imide groups is 1. The van der Waals surface area contributed by atoms with Gasteiger partial charge in [0.2, 0.25) is 5.91 Å². The molecule has 2 aliphatic rings. The molecular weight excluding hydrogens is 508 g/mol. The van der Waals surface area contributed by atoms with Gasteiger partial charge in [-0.25, -0.2) is 9.59 Å². The van der Waals surface area contributed by atoms with Crippen molar-refractivity contribution in [3.05, 3.63) is 29.3 Å². The number of likely N-dealkylation sites (N-methyl/N-ethyl adjacent to an activating group) is 1. The molecule has 1 unspecified atom stereocenters. The number of urea groups is 1. The first-order chi connectivity index (χ1) is 17.3. The molecule has 5 amide bonds. The number of amides is 5. The van der Waals surface area contributed by atoms with Crippen molar-refractivity contribution < 1.29 is 57.0 Å². The van der Waals surface area contributed by atoms with Crippen molar-refractivity contribution in [3.8, 4) is 5.75 Å². The normalized spacial score (nSPS) is 19.5. The van der Waals surface area contributed by atoms with E-state index in [1.54, 1.807) is 12.2 Å². The highest BCUT2D eigenvalue weighted by Crippen LogP contribution is 2.30. The number of carbonyl (C=O) groups excluding carboxylic acids is 4. The Balaban J connectivity index is 1.79. The lowest BCUT2D eigenvalue weighted by Crippen LogP contribution is -2.65. The molecule has 1 saturated heterocycles. The Morgan fingerprint density at radius 1 is 1.22 bits per heavy atom. The van der Waals surface area contributed by atoms with E-state index in [0.29, 0.717) is 4.90 Å². The summed E-state index contributed by atoms with van der Waals surface area (Å²) in [5, 5.41) is 33.0. The van der Waals surface area contributed by atoms with Gasteiger partial charge < -0.3 is 35.4 Å². The van der Waals surface area contributed by atoms with Crippen molar-refractivity contribution in [2.45, 2.75) is 37.6 Å². The summed E-state index contributed by atoms with van der Waals surface area (Å²) in [7, 11) is -1.89. The summed E-state index contributed by atoms with van der Waals surface area (Å²) in [5.74, 6) is -6.94. The maximum atomic E-state index is 13.3. The van der Waals surface area contributed by atoms with Crippen molar-refractivity contribution in [1.29, 1.82) is 0 Å². The van der Waals surface area contributed by atoms with Gasteiger partial charge in [-0.1, -0.05) is 12.1 Å². The van der Waals surface area contributed by atoms with Crippen molar-refractivity contribution in [2.24, 2.45) is 0 Å². The first-order valence-electron chi connectivity index (χ1n) is 10.9. The van der Waals surface area contributed by atoms with Gasteiger partial charge in [0.1, 0.15) is 11.8 Å². The lowest BCUT2D eigenvalue weighted by molar-refractivity contribution is -0.211. The van der Waals surface area contributed by atoms with Gasteiger partial charge in [-0.15, -0.1) is 0 Å². The van der Waals surface area contributed by atoms with Crippen LogP contribution in [-0.2, 0) is 20.8 Å². The Kier molecular flexibility index (Phi) is 7.97. The summed E-state index contributed by atoms with van der Waals surface area (Å²) >= 11 is 0. The molecule has 0 saturated carbocycles. The van der Waals surface area contributed by atoms with Gasteiger partial charge in [0.05, 0.1) is 11.5 Å². The fraction of sp³-hybridized carbons (Fsp3) is 0.450. The van der Waals surface area contributed by atoms with Crippen LogP contribution in [0.2, 0.25) is 0 Å². The highest BCUT2D eigenvalue weighted by Gasteiger charge is 2.49. The standard InChI is InChI=1S/C20H22BF3N4O9/c1-2-27-6-7-28(17(32)16(27)31)19(35)26-12(14(29)20(22,23)24)15(30)25-11-8-9-4-3-5-10(18(33)34)13(9)37-21(11)36/h3-5,11-12,14,29,36H,2,6-8H2,1H3,(H,25,30)(H,26,35)(H,33,34)/t11-,12?,14-/m0/s1. The molecule has 2 heterocycles. The molecular formula is C20H22BF3N4O9. The van der Waals surface area contributed by atoms with E-state index in [-0.39, 0.29) is 42.9 Å². The van der Waals surface area contributed by atoms with Gasteiger partial charge >= 0.3 is 37.1 Å². The number of aliphatic hydroxyl groups is 1. The lowest BCUT2D eigenvalue weighted by Gasteiger charge is -2.34. The summed E-state index contributed by atoms with van der Waals surface area (Å²) in [5.41, 5.74) is -0.0771. The second kappa shape index (κ2) is 10.6. The number of fused-ring (bicyclic) bond motifs is 1. The Morgan fingerprint density at radius 2 is 1.89 bits per heavy atom. The third-order valence-electron chi connectivity index (χ3n) is 5.83. The van der Waals surface area contributed by atoms with E-state index in [4.69, 9.17) is 4.65 Å². The van der Waals surface area contributed by atoms with Gasteiger partial charge in [-0.05, 0) is 25.0 Å². The molecule has 0 aromatic heterocycles. The van der Waals surface area contributed by atoms with E-state index < -0.39 is 61.1 Å². The number of nitrogens with one attached hydrogen (secondary N) is 2. The number of alkyl halides is 3. The molecule has 0 bridgehead atoms. The van der Waals surface area contributed by atoms with E-state index in [1.807, 2.05) is 5.32 Å². The second-order valence-corrected chi connectivity index (χ2v) is 8.18. The zero-order chi connectivity index (χ0) is 27.7. The average Bonchev–Trinajstić information content (AvgIpc) is 2.82. The van der Waals surface area contributed by atoms with Gasteiger partial charge in [-0.3, -0.25) is 19.3 Å². The Hall–Kier alpha value is -3.86. The van der Waals surface area contributed by atoms with Gasteiger partial charge in [0.15, 0.2) is 6.10 Å². The first kappa shape index (κ1) is 27.7. The maximum absolute atomic E-state index is 13.3. The number of halogens is 3. The van der Waals surface area contributed by atoms with E-state index >= 15 is 0 Å². The minimum absolute atomic E-state index is 0.0868. The summed E-state index contributed by atoms with van der Waals surface area (Å²) in [6, 6.07) is -0.234. The van der Waals surface area contributed by atoms with Gasteiger partial charge in [0, 0.05) is 19.6 Å². The van der Waals surface area contributed by atoms with Crippen LogP contribution in [-0.4, -0.2) is 106 Å². The number of carboxylic acid groups (broad SMARTS) is 1. The van der Waals surface area contributed by atoms with Crippen LogP contribution >= 0.6 is 0 Å². The van der Waals surface area contributed by atoms with Gasteiger partial charge in [-0.2, -0.15) is 13.2 Å². The molecule has 2 aliphatic heterocycles. The van der Waals surface area contributed by atoms with Crippen LogP contribution in [0.4, 0.5) is 18.0 Å². The summed E-state index contributed by atoms with van der Waals surface area (Å²) in [6.45, 7) is 1.28. The highest BCUT2D eigenvalue weighted by molar-refractivity contribution is 6.47. The van der Waals surface area contributed by atoms with E-state index in [1.165, 1.54) is 18.2 Å². The summed E-state index contributed by atoms with van der Waals surface area (Å²) in [4.78, 5) is 62.3. The number of benzene rings is 1. The molecule has 1 aromatic carbocycles. The predicted octanol–water partition coefficient (Wildman–Crippen LogP) is -1.48. The van der Waals surface area contributed by atoms with Crippen LogP contribution < -0.4 is 15.3 Å². The molecule has 0 aliphatic carbocycles. The fourth-order valence-corrected chi connectivity index (χ4v) is 3.85. The van der Waals surface area contributed by atoms with Crippen LogP contribution in [0.25, 0.3) is 0 Å². The molecule has 5 N–H and O–H groups in total. The number of hydrogen-bond donors (Lipinski definition) is 5. The number of carboxylic acids is 1. The zero-order valence-corrected chi connectivity index (χ0v) is 19.2. The van der Waals surface area contributed by atoms with Crippen LogP contribution in [0.5, 0.6) is 5.75 Å². The number of hydrogen-bond acceptors (Lipinski definition) is 8. The molecule has 17 heteroatoms. The number of aromatic carboxylic acids is 1. The highest BCUT2D eigenvalue weighted by atomic mass is 19.4. The number of piperazine rings is 1. The predicted molar refractivity (Wildman–Crippen MR) is 116 cm³/mol. The van der Waals surface area contributed by atoms with Crippen molar-refractivity contribution >= 4 is 36.8 Å². The van der Waals surface area contributed by atoms with Crippen LogP contribution in [0.1, 0.15) is 22.8 Å². The average molecular weight is 530 g/mol. The largest absolute Gasteiger partial charge is 0.547 e. The second-order valence-electron chi connectivity index (χ2n) is 8.18. The molecule has 200 valence electrons. The van der Waals surface area contributed by atoms with E-state index in [9.17, 15) is 52.4 Å². The monoisotopic (exact) mass is 530 g/mol. The smallest absolute Gasteiger partial charge is 0.534 e. The summed E-state index contributed by atoms with van der Waals surface area (Å²) in [6.07, 6.45) is -9.08. The zero-order valence-electron chi connectivity index (χ0n) is 19.2. The number of para-hydroxylation sites is 1. The maximum Gasteiger partial charge on any atom is 0.547 e. The number of nitrogens with zero attached hydrogens (tertiary/aromatic N) is 2. The third kappa shape index (κ3) is 5.77. The van der Waals surface area contributed by atoms with Crippen molar-refractivity contribution in [3.63, 3.8) is 0 Å². The molecule has 3 rings (SSSR count). The minimum Gasteiger partial charge on any atom is -0.534 e. The quantitative estimate of drug-likeness (QED) is 0.216. The molecule has 37 heavy (non-hydrogen) atoms. The van der Waals surface area contributed by atoms with Crippen LogP contribution in [0.15, 0.2) is 18.2 Å². The number of carbonyl (C=O) groups is 5. The summed E-state index contributed by atoms with van der Waals surface area (Å²) < 4.78 is 45.1. The Labute approximate surface area is 207 Å². The topological polar surface area (TPSA) is 186 Å². The van der Waals surface area contributed by atoms with Crippen molar-refractivity contribution in [2.75, 3.05) is 19.6 Å². The minimum atomic E-state index is -5.39. The molecule has 0 radical (unpaired) electrons. The molecule has 3 atom stereocenters. The Morgan fingerprint density at radius 3 is 2.49 bits per heavy atom. The lowest BCUT2D eigenvalue weighted by atomic mass is 9.72. The number of rotatable bonds is 6. The Bertz CT molecular complexity index is 1120. The van der Waals surface area contributed by atoms with Crippen molar-refractivity contribution in [1.82, 2.24) is 20.4 Å². The SMILES string of the molecule is CCN1CCN(C(=O)NC(C(=O)N[C@H]2Cc3cccc(C(=O)O)c3OB2O)[C@H](O)C(F)(F)F)C(=O)C1=O. The molecule has 1 aromatic rings. The van der Waals surface area contributed by atoms with Gasteiger partial charge in [0.25, 0.3) is 0 Å². The first-order valence-corrected chi connectivity index (χ1v) is 10.9. The van der Waals surface area contributed by atoms with Crippen LogP contribution in [0, 0.1) is 0 Å². The third-order valence-corrected chi connectivity index (χ3v) is 5.83. The van der Waals surface area contributed by atoms with E-state index in [0.717, 1.165) is 4.90 Å².